The summed E-state index contributed by atoms with van der Waals surface area (Å²) in [6, 6.07) is 11.0. The second-order valence-corrected chi connectivity index (χ2v) is 7.87. The molecule has 1 aromatic carbocycles. The van der Waals surface area contributed by atoms with Crippen LogP contribution in [0.15, 0.2) is 34.9 Å². The first kappa shape index (κ1) is 17.5. The van der Waals surface area contributed by atoms with Gasteiger partial charge in [0.1, 0.15) is 0 Å². The summed E-state index contributed by atoms with van der Waals surface area (Å²) < 4.78 is 5.41. The number of aromatic nitrogens is 2. The molecule has 1 saturated carbocycles. The molecule has 0 amide bonds. The summed E-state index contributed by atoms with van der Waals surface area (Å²) in [6.45, 7) is 2.93. The first-order chi connectivity index (χ1) is 11.8. The highest BCUT2D eigenvalue weighted by Crippen LogP contribution is 2.28. The summed E-state index contributed by atoms with van der Waals surface area (Å²) in [4.78, 5) is 4.53. The van der Waals surface area contributed by atoms with Gasteiger partial charge in [0.25, 0.3) is 0 Å². The molecular formula is C19H27N3OS. The van der Waals surface area contributed by atoms with E-state index in [1.54, 1.807) is 0 Å². The van der Waals surface area contributed by atoms with Crippen molar-refractivity contribution < 1.29 is 4.52 Å². The maximum Gasteiger partial charge on any atom is 0.240 e. The minimum absolute atomic E-state index is 0.573. The zero-order chi connectivity index (χ0) is 16.6. The third-order valence-corrected chi connectivity index (χ3v) is 5.91. The van der Waals surface area contributed by atoms with E-state index in [1.807, 2.05) is 6.07 Å². The lowest BCUT2D eigenvalue weighted by molar-refractivity contribution is 0.330. The predicted octanol–water partition coefficient (Wildman–Crippen LogP) is 4.01. The number of nitrogens with zero attached hydrogens (tertiary/aromatic N) is 2. The maximum atomic E-state index is 5.41. The number of rotatable bonds is 8. The van der Waals surface area contributed by atoms with E-state index < -0.39 is 0 Å². The zero-order valence-electron chi connectivity index (χ0n) is 14.4. The van der Waals surface area contributed by atoms with Gasteiger partial charge < -0.3 is 9.84 Å². The van der Waals surface area contributed by atoms with E-state index in [4.69, 9.17) is 4.52 Å². The van der Waals surface area contributed by atoms with Crippen molar-refractivity contribution in [3.8, 4) is 0 Å². The van der Waals surface area contributed by atoms with Crippen molar-refractivity contribution >= 4 is 11.8 Å². The van der Waals surface area contributed by atoms with Crippen LogP contribution in [0.5, 0.6) is 0 Å². The van der Waals surface area contributed by atoms with Crippen molar-refractivity contribution in [3.05, 3.63) is 47.6 Å². The monoisotopic (exact) mass is 345 g/mol. The van der Waals surface area contributed by atoms with Crippen LogP contribution in [0.25, 0.3) is 0 Å². The molecule has 0 bridgehead atoms. The van der Waals surface area contributed by atoms with Crippen LogP contribution in [0, 0.1) is 0 Å². The number of thioether (sulfide) groups is 1. The molecule has 1 heterocycles. The Morgan fingerprint density at radius 2 is 2.00 bits per heavy atom. The van der Waals surface area contributed by atoms with Gasteiger partial charge in [-0.2, -0.15) is 16.7 Å². The van der Waals surface area contributed by atoms with Gasteiger partial charge in [0, 0.05) is 17.7 Å². The SMILES string of the molecule is CCS[C@H]1CCCC[C@@H]1NCc1nc(CCc2ccccc2)no1. The first-order valence-corrected chi connectivity index (χ1v) is 10.1. The van der Waals surface area contributed by atoms with E-state index in [0.29, 0.717) is 18.5 Å². The molecule has 24 heavy (non-hydrogen) atoms. The standard InChI is InChI=1S/C19H27N3OS/c1-2-24-17-11-7-6-10-16(17)20-14-19-21-18(22-23-19)13-12-15-8-4-3-5-9-15/h3-5,8-9,16-17,20H,2,6-7,10-14H2,1H3/t16-,17-/m0/s1. The molecule has 3 rings (SSSR count). The molecule has 2 aromatic rings. The molecule has 4 nitrogen and oxygen atoms in total. The molecule has 130 valence electrons. The first-order valence-electron chi connectivity index (χ1n) is 9.05. The van der Waals surface area contributed by atoms with Gasteiger partial charge in [-0.15, -0.1) is 0 Å². The summed E-state index contributed by atoms with van der Waals surface area (Å²) in [5.74, 6) is 2.70. The van der Waals surface area contributed by atoms with Crippen LogP contribution < -0.4 is 5.32 Å². The minimum Gasteiger partial charge on any atom is -0.338 e. The van der Waals surface area contributed by atoms with Crippen molar-refractivity contribution in [3.63, 3.8) is 0 Å². The Morgan fingerprint density at radius 1 is 1.17 bits per heavy atom. The fourth-order valence-electron chi connectivity index (χ4n) is 3.33. The quantitative estimate of drug-likeness (QED) is 0.783. The second kappa shape index (κ2) is 9.23. The molecule has 1 aromatic heterocycles. The average Bonchev–Trinajstić information content (AvgIpc) is 3.08. The van der Waals surface area contributed by atoms with Crippen LogP contribution in [-0.4, -0.2) is 27.2 Å². The summed E-state index contributed by atoms with van der Waals surface area (Å²) >= 11 is 2.08. The molecule has 0 aliphatic heterocycles. The maximum absolute atomic E-state index is 5.41. The highest BCUT2D eigenvalue weighted by molar-refractivity contribution is 7.99. The van der Waals surface area contributed by atoms with Gasteiger partial charge in [-0.25, -0.2) is 0 Å². The topological polar surface area (TPSA) is 51.0 Å². The van der Waals surface area contributed by atoms with Gasteiger partial charge in [-0.1, -0.05) is 55.3 Å². The minimum atomic E-state index is 0.573. The fraction of sp³-hybridized carbons (Fsp3) is 0.579. The normalized spacial score (nSPS) is 21.0. The third kappa shape index (κ3) is 5.08. The molecule has 0 unspecified atom stereocenters. The Morgan fingerprint density at radius 3 is 2.83 bits per heavy atom. The van der Waals surface area contributed by atoms with E-state index >= 15 is 0 Å². The highest BCUT2D eigenvalue weighted by Gasteiger charge is 2.25. The molecule has 1 N–H and O–H groups in total. The van der Waals surface area contributed by atoms with E-state index in [9.17, 15) is 0 Å². The van der Waals surface area contributed by atoms with Crippen molar-refractivity contribution in [2.24, 2.45) is 0 Å². The molecule has 0 saturated heterocycles. The number of benzene rings is 1. The third-order valence-electron chi connectivity index (χ3n) is 4.59. The molecular weight excluding hydrogens is 318 g/mol. The van der Waals surface area contributed by atoms with Gasteiger partial charge in [0.2, 0.25) is 5.89 Å². The Kier molecular flexibility index (Phi) is 6.73. The van der Waals surface area contributed by atoms with Crippen LogP contribution in [0.2, 0.25) is 0 Å². The van der Waals surface area contributed by atoms with Gasteiger partial charge in [0.05, 0.1) is 6.54 Å². The summed E-state index contributed by atoms with van der Waals surface area (Å²) in [5.41, 5.74) is 1.31. The summed E-state index contributed by atoms with van der Waals surface area (Å²) in [6.07, 6.45) is 7.04. The summed E-state index contributed by atoms with van der Waals surface area (Å²) in [7, 11) is 0. The number of hydrogen-bond donors (Lipinski definition) is 1. The largest absolute Gasteiger partial charge is 0.338 e. The van der Waals surface area contributed by atoms with E-state index in [-0.39, 0.29) is 0 Å². The van der Waals surface area contributed by atoms with Crippen LogP contribution in [0.4, 0.5) is 0 Å². The second-order valence-electron chi connectivity index (χ2n) is 6.36. The Balaban J connectivity index is 1.47. The number of aryl methyl sites for hydroxylation is 2. The lowest BCUT2D eigenvalue weighted by Gasteiger charge is -2.31. The van der Waals surface area contributed by atoms with Crippen LogP contribution >= 0.6 is 11.8 Å². The van der Waals surface area contributed by atoms with Crippen molar-refractivity contribution in [1.82, 2.24) is 15.5 Å². The number of hydrogen-bond acceptors (Lipinski definition) is 5. The van der Waals surface area contributed by atoms with Crippen LogP contribution in [0.1, 0.15) is 49.9 Å². The fourth-order valence-corrected chi connectivity index (χ4v) is 4.55. The molecule has 0 spiro atoms. The van der Waals surface area contributed by atoms with E-state index in [1.165, 1.54) is 37.0 Å². The Hall–Kier alpha value is -1.33. The van der Waals surface area contributed by atoms with E-state index in [0.717, 1.165) is 23.9 Å². The van der Waals surface area contributed by atoms with Gasteiger partial charge in [0.15, 0.2) is 5.82 Å². The van der Waals surface area contributed by atoms with Gasteiger partial charge >= 0.3 is 0 Å². The van der Waals surface area contributed by atoms with Crippen molar-refractivity contribution in [2.75, 3.05) is 5.75 Å². The predicted molar refractivity (Wildman–Crippen MR) is 99.2 cm³/mol. The highest BCUT2D eigenvalue weighted by atomic mass is 32.2. The van der Waals surface area contributed by atoms with Crippen LogP contribution in [-0.2, 0) is 19.4 Å². The lowest BCUT2D eigenvalue weighted by atomic mass is 9.95. The zero-order valence-corrected chi connectivity index (χ0v) is 15.2. The Labute approximate surface area is 148 Å². The van der Waals surface area contributed by atoms with E-state index in [2.05, 4.69) is 58.4 Å². The molecule has 0 radical (unpaired) electrons. The summed E-state index contributed by atoms with van der Waals surface area (Å²) in [5, 5.41) is 8.49. The average molecular weight is 346 g/mol. The Bertz CT molecular complexity index is 600. The lowest BCUT2D eigenvalue weighted by Crippen LogP contribution is -2.40. The molecule has 1 aliphatic rings. The van der Waals surface area contributed by atoms with Gasteiger partial charge in [-0.05, 0) is 30.6 Å². The van der Waals surface area contributed by atoms with Crippen LogP contribution in [0.3, 0.4) is 0 Å². The molecule has 2 atom stereocenters. The van der Waals surface area contributed by atoms with Crippen molar-refractivity contribution in [1.29, 1.82) is 0 Å². The van der Waals surface area contributed by atoms with Gasteiger partial charge in [-0.3, -0.25) is 0 Å². The molecule has 1 fully saturated rings. The molecule has 1 aliphatic carbocycles. The number of nitrogens with one attached hydrogen (secondary N) is 1. The van der Waals surface area contributed by atoms with Crippen molar-refractivity contribution in [2.45, 2.75) is 63.3 Å². The smallest absolute Gasteiger partial charge is 0.240 e. The molecule has 5 heteroatoms.